The maximum atomic E-state index is 13.1. The van der Waals surface area contributed by atoms with E-state index in [1.54, 1.807) is 24.3 Å². The van der Waals surface area contributed by atoms with Crippen LogP contribution in [-0.4, -0.2) is 26.7 Å². The predicted molar refractivity (Wildman–Crippen MR) is 67.8 cm³/mol. The Labute approximate surface area is 117 Å². The van der Waals surface area contributed by atoms with Crippen molar-refractivity contribution < 1.29 is 17.9 Å². The van der Waals surface area contributed by atoms with Crippen LogP contribution in [0, 0.1) is 0 Å². The van der Waals surface area contributed by atoms with E-state index in [1.165, 1.54) is 7.11 Å². The van der Waals surface area contributed by atoms with Crippen molar-refractivity contribution in [1.82, 2.24) is 19.6 Å². The zero-order chi connectivity index (χ0) is 15.0. The van der Waals surface area contributed by atoms with Crippen LogP contribution >= 0.6 is 0 Å². The Morgan fingerprint density at radius 1 is 1.19 bits per heavy atom. The molecule has 2 heterocycles. The molecule has 0 fully saturated rings. The Morgan fingerprint density at radius 3 is 2.67 bits per heavy atom. The van der Waals surface area contributed by atoms with Crippen molar-refractivity contribution in [2.45, 2.75) is 6.18 Å². The van der Waals surface area contributed by atoms with E-state index in [9.17, 15) is 13.2 Å². The SMILES string of the molecule is COc1ccccc1-c1cc(C(F)(F)F)n2ncnc2n1. The van der Waals surface area contributed by atoms with Gasteiger partial charge in [0.25, 0.3) is 5.78 Å². The van der Waals surface area contributed by atoms with Crippen molar-refractivity contribution >= 4 is 5.78 Å². The van der Waals surface area contributed by atoms with Crippen LogP contribution in [-0.2, 0) is 6.18 Å². The fraction of sp³-hybridized carbons (Fsp3) is 0.154. The van der Waals surface area contributed by atoms with Gasteiger partial charge < -0.3 is 4.74 Å². The second-order valence-electron chi connectivity index (χ2n) is 4.20. The van der Waals surface area contributed by atoms with Crippen LogP contribution in [0.5, 0.6) is 5.75 Å². The molecule has 0 bridgehead atoms. The highest BCUT2D eigenvalue weighted by Crippen LogP contribution is 2.34. The average Bonchev–Trinajstić information content (AvgIpc) is 2.93. The topological polar surface area (TPSA) is 52.3 Å². The molecule has 5 nitrogen and oxygen atoms in total. The summed E-state index contributed by atoms with van der Waals surface area (Å²) >= 11 is 0. The molecule has 0 aliphatic carbocycles. The van der Waals surface area contributed by atoms with Crippen molar-refractivity contribution in [2.24, 2.45) is 0 Å². The minimum atomic E-state index is -4.56. The number of rotatable bonds is 2. The van der Waals surface area contributed by atoms with Crippen molar-refractivity contribution in [3.63, 3.8) is 0 Å². The molecule has 0 atom stereocenters. The first kappa shape index (κ1) is 13.3. The van der Waals surface area contributed by atoms with Gasteiger partial charge in [-0.05, 0) is 18.2 Å². The molecular weight excluding hydrogens is 285 g/mol. The highest BCUT2D eigenvalue weighted by molar-refractivity contribution is 5.68. The summed E-state index contributed by atoms with van der Waals surface area (Å²) in [6.45, 7) is 0. The van der Waals surface area contributed by atoms with E-state index in [2.05, 4.69) is 15.1 Å². The van der Waals surface area contributed by atoms with Gasteiger partial charge in [0.2, 0.25) is 0 Å². The molecule has 108 valence electrons. The molecule has 1 aromatic carbocycles. The summed E-state index contributed by atoms with van der Waals surface area (Å²) < 4.78 is 45.2. The summed E-state index contributed by atoms with van der Waals surface area (Å²) in [4.78, 5) is 7.83. The summed E-state index contributed by atoms with van der Waals surface area (Å²) in [7, 11) is 1.44. The highest BCUT2D eigenvalue weighted by atomic mass is 19.4. The number of benzene rings is 1. The Hall–Kier alpha value is -2.64. The molecule has 0 saturated carbocycles. The predicted octanol–water partition coefficient (Wildman–Crippen LogP) is 2.82. The average molecular weight is 294 g/mol. The molecule has 0 unspecified atom stereocenters. The van der Waals surface area contributed by atoms with Crippen LogP contribution in [0.25, 0.3) is 17.0 Å². The van der Waals surface area contributed by atoms with Crippen molar-refractivity contribution in [1.29, 1.82) is 0 Å². The van der Waals surface area contributed by atoms with Gasteiger partial charge >= 0.3 is 6.18 Å². The van der Waals surface area contributed by atoms with E-state index in [0.29, 0.717) is 15.8 Å². The Kier molecular flexibility index (Phi) is 3.00. The molecule has 2 aromatic heterocycles. The van der Waals surface area contributed by atoms with Gasteiger partial charge in [-0.15, -0.1) is 0 Å². The third-order valence-electron chi connectivity index (χ3n) is 2.93. The van der Waals surface area contributed by atoms with E-state index in [4.69, 9.17) is 4.74 Å². The number of hydrogen-bond acceptors (Lipinski definition) is 4. The van der Waals surface area contributed by atoms with E-state index < -0.39 is 11.9 Å². The maximum absolute atomic E-state index is 13.1. The number of alkyl halides is 3. The minimum Gasteiger partial charge on any atom is -0.496 e. The third kappa shape index (κ3) is 2.28. The molecule has 3 rings (SSSR count). The molecule has 0 aliphatic rings. The molecule has 0 saturated heterocycles. The van der Waals surface area contributed by atoms with Gasteiger partial charge in [0, 0.05) is 5.56 Å². The number of para-hydroxylation sites is 1. The Morgan fingerprint density at radius 2 is 1.95 bits per heavy atom. The number of aromatic nitrogens is 4. The van der Waals surface area contributed by atoms with Crippen LogP contribution in [0.2, 0.25) is 0 Å². The molecule has 0 amide bonds. The van der Waals surface area contributed by atoms with Crippen molar-refractivity contribution in [2.75, 3.05) is 7.11 Å². The first-order chi connectivity index (χ1) is 10.0. The fourth-order valence-corrected chi connectivity index (χ4v) is 2.01. The molecule has 21 heavy (non-hydrogen) atoms. The zero-order valence-electron chi connectivity index (χ0n) is 10.8. The number of nitrogens with zero attached hydrogens (tertiary/aromatic N) is 4. The van der Waals surface area contributed by atoms with E-state index >= 15 is 0 Å². The van der Waals surface area contributed by atoms with E-state index in [-0.39, 0.29) is 11.5 Å². The first-order valence-corrected chi connectivity index (χ1v) is 5.92. The molecule has 0 N–H and O–H groups in total. The fourth-order valence-electron chi connectivity index (χ4n) is 2.01. The highest BCUT2D eigenvalue weighted by Gasteiger charge is 2.35. The van der Waals surface area contributed by atoms with Crippen molar-refractivity contribution in [3.8, 4) is 17.0 Å². The Bertz CT molecular complexity index is 797. The maximum Gasteiger partial charge on any atom is 0.433 e. The van der Waals surface area contributed by atoms with Gasteiger partial charge in [0.1, 0.15) is 12.1 Å². The standard InChI is InChI=1S/C13H9F3N4O/c1-21-10-5-3-2-4-8(10)9-6-11(13(14,15)16)20-12(19-9)17-7-18-20/h2-7H,1H3. The van der Waals surface area contributed by atoms with Crippen molar-refractivity contribution in [3.05, 3.63) is 42.4 Å². The molecule has 0 radical (unpaired) electrons. The van der Waals surface area contributed by atoms with Crippen LogP contribution in [0.1, 0.15) is 5.69 Å². The van der Waals surface area contributed by atoms with Gasteiger partial charge in [-0.2, -0.15) is 27.8 Å². The molecule has 0 spiro atoms. The summed E-state index contributed by atoms with van der Waals surface area (Å²) in [5, 5.41) is 3.55. The Balaban J connectivity index is 2.29. The molecule has 3 aromatic rings. The quantitative estimate of drug-likeness (QED) is 0.729. The van der Waals surface area contributed by atoms with Gasteiger partial charge in [-0.1, -0.05) is 12.1 Å². The monoisotopic (exact) mass is 294 g/mol. The molecule has 8 heteroatoms. The summed E-state index contributed by atoms with van der Waals surface area (Å²) in [6.07, 6.45) is -3.53. The van der Waals surface area contributed by atoms with E-state index in [1.807, 2.05) is 0 Å². The summed E-state index contributed by atoms with van der Waals surface area (Å²) in [5.74, 6) is 0.313. The molecular formula is C13H9F3N4O. The van der Waals surface area contributed by atoms with Crippen LogP contribution in [0.4, 0.5) is 13.2 Å². The molecule has 0 aliphatic heterocycles. The normalized spacial score (nSPS) is 11.8. The lowest BCUT2D eigenvalue weighted by molar-refractivity contribution is -0.142. The van der Waals surface area contributed by atoms with Crippen LogP contribution in [0.15, 0.2) is 36.7 Å². The summed E-state index contributed by atoms with van der Waals surface area (Å²) in [6, 6.07) is 7.63. The number of ether oxygens (including phenoxy) is 1. The van der Waals surface area contributed by atoms with Crippen LogP contribution < -0.4 is 4.74 Å². The minimum absolute atomic E-state index is 0.120. The smallest absolute Gasteiger partial charge is 0.433 e. The first-order valence-electron chi connectivity index (χ1n) is 5.92. The number of methoxy groups -OCH3 is 1. The van der Waals surface area contributed by atoms with E-state index in [0.717, 1.165) is 12.4 Å². The summed E-state index contributed by atoms with van der Waals surface area (Å²) in [5.41, 5.74) is -0.359. The number of hydrogen-bond donors (Lipinski definition) is 0. The lowest BCUT2D eigenvalue weighted by atomic mass is 10.1. The van der Waals surface area contributed by atoms with Crippen LogP contribution in [0.3, 0.4) is 0 Å². The lowest BCUT2D eigenvalue weighted by Gasteiger charge is -2.12. The van der Waals surface area contributed by atoms with Gasteiger partial charge in [0.05, 0.1) is 12.8 Å². The van der Waals surface area contributed by atoms with Gasteiger partial charge in [-0.3, -0.25) is 0 Å². The number of halogens is 3. The largest absolute Gasteiger partial charge is 0.496 e. The second kappa shape index (κ2) is 4.72. The number of fused-ring (bicyclic) bond motifs is 1. The lowest BCUT2D eigenvalue weighted by Crippen LogP contribution is -2.13. The third-order valence-corrected chi connectivity index (χ3v) is 2.93. The second-order valence-corrected chi connectivity index (χ2v) is 4.20. The van der Waals surface area contributed by atoms with Gasteiger partial charge in [-0.25, -0.2) is 4.98 Å². The van der Waals surface area contributed by atoms with Gasteiger partial charge in [0.15, 0.2) is 5.69 Å². The zero-order valence-corrected chi connectivity index (χ0v) is 10.8.